The second-order valence-electron chi connectivity index (χ2n) is 3.58. The lowest BCUT2D eigenvalue weighted by atomic mass is 10.4. The molecule has 1 aliphatic carbocycles. The highest BCUT2D eigenvalue weighted by atomic mass is 35.5. The Balaban J connectivity index is 2.37. The largest absolute Gasteiger partial charge is 0.353 e. The molecule has 0 atom stereocenters. The Morgan fingerprint density at radius 3 is 2.53 bits per heavy atom. The molecule has 0 aliphatic heterocycles. The number of pyridine rings is 1. The summed E-state index contributed by atoms with van der Waals surface area (Å²) in [4.78, 5) is 6.40. The van der Waals surface area contributed by atoms with Crippen LogP contribution in [0.25, 0.3) is 0 Å². The van der Waals surface area contributed by atoms with Gasteiger partial charge in [0.1, 0.15) is 11.0 Å². The van der Waals surface area contributed by atoms with Gasteiger partial charge in [0.15, 0.2) is 0 Å². The number of rotatable bonds is 3. The fourth-order valence-electron chi connectivity index (χ4n) is 1.60. The van der Waals surface area contributed by atoms with Crippen molar-refractivity contribution in [1.82, 2.24) is 4.98 Å². The highest BCUT2D eigenvalue weighted by Crippen LogP contribution is 2.36. The number of hydrogen-bond donors (Lipinski definition) is 0. The summed E-state index contributed by atoms with van der Waals surface area (Å²) in [6, 6.07) is 2.22. The van der Waals surface area contributed by atoms with Crippen molar-refractivity contribution in [2.24, 2.45) is 0 Å². The molecule has 0 unspecified atom stereocenters. The van der Waals surface area contributed by atoms with Gasteiger partial charge in [-0.15, -0.1) is 0 Å². The summed E-state index contributed by atoms with van der Waals surface area (Å²) in [6.45, 7) is 2.97. The first kappa shape index (κ1) is 11.3. The Labute approximate surface area is 104 Å². The molecule has 5 heteroatoms. The van der Waals surface area contributed by atoms with E-state index in [1.165, 1.54) is 12.8 Å². The maximum Gasteiger partial charge on any atom is 0.150 e. The minimum absolute atomic E-state index is 0.315. The molecule has 15 heavy (non-hydrogen) atoms. The van der Waals surface area contributed by atoms with Gasteiger partial charge in [-0.2, -0.15) is 0 Å². The quantitative estimate of drug-likeness (QED) is 0.767. The zero-order chi connectivity index (χ0) is 11.0. The lowest BCUT2D eigenvalue weighted by Crippen LogP contribution is -2.26. The van der Waals surface area contributed by atoms with Crippen LogP contribution in [0.4, 0.5) is 5.82 Å². The van der Waals surface area contributed by atoms with Crippen LogP contribution in [0, 0.1) is 0 Å². The first-order valence-electron chi connectivity index (χ1n) is 4.91. The third-order valence-corrected chi connectivity index (χ3v) is 3.42. The van der Waals surface area contributed by atoms with E-state index < -0.39 is 0 Å². The van der Waals surface area contributed by atoms with Crippen molar-refractivity contribution in [3.63, 3.8) is 0 Å². The van der Waals surface area contributed by atoms with Crippen LogP contribution in [0.1, 0.15) is 19.8 Å². The van der Waals surface area contributed by atoms with Crippen molar-refractivity contribution < 1.29 is 0 Å². The van der Waals surface area contributed by atoms with E-state index in [-0.39, 0.29) is 0 Å². The smallest absolute Gasteiger partial charge is 0.150 e. The molecule has 0 radical (unpaired) electrons. The van der Waals surface area contributed by atoms with Gasteiger partial charge in [0, 0.05) is 12.6 Å². The van der Waals surface area contributed by atoms with E-state index in [0.29, 0.717) is 21.2 Å². The molecule has 0 bridgehead atoms. The van der Waals surface area contributed by atoms with E-state index >= 15 is 0 Å². The lowest BCUT2D eigenvalue weighted by Gasteiger charge is -2.22. The van der Waals surface area contributed by atoms with Crippen LogP contribution in [-0.2, 0) is 0 Å². The standard InChI is InChI=1S/C10H11Cl3N2/c1-2-15(6-3-4-6)10-8(12)5-7(11)9(13)14-10/h5-6H,2-4H2,1H3. The Bertz CT molecular complexity index is 377. The van der Waals surface area contributed by atoms with Gasteiger partial charge in [0.25, 0.3) is 0 Å². The molecule has 1 aliphatic rings. The number of hydrogen-bond acceptors (Lipinski definition) is 2. The third-order valence-electron chi connectivity index (χ3n) is 2.47. The second kappa shape index (κ2) is 4.36. The summed E-state index contributed by atoms with van der Waals surface area (Å²) in [6.07, 6.45) is 2.40. The Kier molecular flexibility index (Phi) is 3.29. The van der Waals surface area contributed by atoms with E-state index in [1.807, 2.05) is 0 Å². The molecule has 2 rings (SSSR count). The van der Waals surface area contributed by atoms with Crippen LogP contribution in [0.5, 0.6) is 0 Å². The Hall–Kier alpha value is -0.180. The Morgan fingerprint density at radius 1 is 1.33 bits per heavy atom. The molecular weight excluding hydrogens is 254 g/mol. The summed E-state index contributed by atoms with van der Waals surface area (Å²) >= 11 is 17.8. The summed E-state index contributed by atoms with van der Waals surface area (Å²) in [5, 5.41) is 1.28. The number of aromatic nitrogens is 1. The molecule has 1 fully saturated rings. The molecule has 1 heterocycles. The van der Waals surface area contributed by atoms with Gasteiger partial charge in [-0.3, -0.25) is 0 Å². The minimum Gasteiger partial charge on any atom is -0.353 e. The van der Waals surface area contributed by atoms with E-state index in [9.17, 15) is 0 Å². The van der Waals surface area contributed by atoms with Crippen molar-refractivity contribution in [2.75, 3.05) is 11.4 Å². The van der Waals surface area contributed by atoms with Crippen molar-refractivity contribution in [3.05, 3.63) is 21.3 Å². The molecule has 0 amide bonds. The van der Waals surface area contributed by atoms with E-state index in [1.54, 1.807) is 6.07 Å². The van der Waals surface area contributed by atoms with Crippen molar-refractivity contribution in [3.8, 4) is 0 Å². The van der Waals surface area contributed by atoms with Gasteiger partial charge in [-0.05, 0) is 25.8 Å². The minimum atomic E-state index is 0.315. The average Bonchev–Trinajstić information content (AvgIpc) is 2.99. The Morgan fingerprint density at radius 2 is 2.00 bits per heavy atom. The van der Waals surface area contributed by atoms with E-state index in [0.717, 1.165) is 12.4 Å². The molecule has 1 aromatic heterocycles. The van der Waals surface area contributed by atoms with Gasteiger partial charge >= 0.3 is 0 Å². The zero-order valence-electron chi connectivity index (χ0n) is 8.30. The molecule has 1 saturated carbocycles. The summed E-state index contributed by atoms with van der Waals surface area (Å²) in [5.74, 6) is 0.746. The highest BCUT2D eigenvalue weighted by molar-refractivity contribution is 6.42. The third kappa shape index (κ3) is 2.32. The topological polar surface area (TPSA) is 16.1 Å². The summed E-state index contributed by atoms with van der Waals surface area (Å²) in [5.41, 5.74) is 0. The highest BCUT2D eigenvalue weighted by Gasteiger charge is 2.30. The fourth-order valence-corrected chi connectivity index (χ4v) is 2.21. The van der Waals surface area contributed by atoms with Gasteiger partial charge in [-0.1, -0.05) is 34.8 Å². The van der Waals surface area contributed by atoms with Crippen molar-refractivity contribution >= 4 is 40.6 Å². The molecule has 1 aromatic rings. The van der Waals surface area contributed by atoms with Crippen molar-refractivity contribution in [1.29, 1.82) is 0 Å². The normalized spacial score (nSPS) is 15.5. The predicted octanol–water partition coefficient (Wildman–Crippen LogP) is 4.03. The average molecular weight is 266 g/mol. The maximum atomic E-state index is 6.10. The van der Waals surface area contributed by atoms with E-state index in [4.69, 9.17) is 34.8 Å². The lowest BCUT2D eigenvalue weighted by molar-refractivity contribution is 0.809. The first-order chi connectivity index (χ1) is 7.13. The molecule has 82 valence electrons. The van der Waals surface area contributed by atoms with Crippen LogP contribution in [-0.4, -0.2) is 17.6 Å². The van der Waals surface area contributed by atoms with Gasteiger partial charge in [0.05, 0.1) is 10.0 Å². The fraction of sp³-hybridized carbons (Fsp3) is 0.500. The second-order valence-corrected chi connectivity index (χ2v) is 4.76. The first-order valence-corrected chi connectivity index (χ1v) is 6.05. The van der Waals surface area contributed by atoms with Crippen LogP contribution < -0.4 is 4.90 Å². The van der Waals surface area contributed by atoms with Gasteiger partial charge in [0.2, 0.25) is 0 Å². The van der Waals surface area contributed by atoms with Crippen LogP contribution in [0.2, 0.25) is 15.2 Å². The molecule has 0 aromatic carbocycles. The molecule has 0 saturated heterocycles. The molecule has 0 spiro atoms. The number of anilines is 1. The zero-order valence-corrected chi connectivity index (χ0v) is 10.6. The monoisotopic (exact) mass is 264 g/mol. The number of nitrogens with zero attached hydrogens (tertiary/aromatic N) is 2. The maximum absolute atomic E-state index is 6.10. The van der Waals surface area contributed by atoms with Gasteiger partial charge in [-0.25, -0.2) is 4.98 Å². The van der Waals surface area contributed by atoms with Crippen LogP contribution >= 0.6 is 34.8 Å². The number of halogens is 3. The molecule has 0 N–H and O–H groups in total. The van der Waals surface area contributed by atoms with Crippen LogP contribution in [0.15, 0.2) is 6.07 Å². The molecular formula is C10H11Cl3N2. The van der Waals surface area contributed by atoms with Crippen molar-refractivity contribution in [2.45, 2.75) is 25.8 Å². The molecule has 2 nitrogen and oxygen atoms in total. The van der Waals surface area contributed by atoms with E-state index in [2.05, 4.69) is 16.8 Å². The summed E-state index contributed by atoms with van der Waals surface area (Å²) < 4.78 is 0. The van der Waals surface area contributed by atoms with Gasteiger partial charge < -0.3 is 4.90 Å². The summed E-state index contributed by atoms with van der Waals surface area (Å²) in [7, 11) is 0. The predicted molar refractivity (Wildman–Crippen MR) is 65.3 cm³/mol. The van der Waals surface area contributed by atoms with Crippen LogP contribution in [0.3, 0.4) is 0 Å². The SMILES string of the molecule is CCN(c1nc(Cl)c(Cl)cc1Cl)C1CC1.